The van der Waals surface area contributed by atoms with Crippen molar-refractivity contribution in [1.29, 1.82) is 0 Å². The van der Waals surface area contributed by atoms with Crippen molar-refractivity contribution >= 4 is 33.2 Å². The van der Waals surface area contributed by atoms with Gasteiger partial charge in [-0.1, -0.05) is 34.1 Å². The zero-order valence-electron chi connectivity index (χ0n) is 8.57. The van der Waals surface area contributed by atoms with Gasteiger partial charge in [0.25, 0.3) is 0 Å². The summed E-state index contributed by atoms with van der Waals surface area (Å²) in [5.41, 5.74) is 1.09. The van der Waals surface area contributed by atoms with Gasteiger partial charge in [0, 0.05) is 14.9 Å². The van der Waals surface area contributed by atoms with Crippen molar-refractivity contribution in [3.05, 3.63) is 45.7 Å². The Morgan fingerprint density at radius 1 is 1.25 bits per heavy atom. The van der Waals surface area contributed by atoms with Crippen molar-refractivity contribution in [3.63, 3.8) is 0 Å². The Bertz CT molecular complexity index is 519. The van der Waals surface area contributed by atoms with Gasteiger partial charge in [-0.15, -0.1) is 11.3 Å². The van der Waals surface area contributed by atoms with E-state index in [9.17, 15) is 4.79 Å². The molecule has 0 saturated heterocycles. The van der Waals surface area contributed by atoms with Crippen molar-refractivity contribution in [2.45, 2.75) is 0 Å². The number of benzene rings is 1. The van der Waals surface area contributed by atoms with Crippen molar-refractivity contribution in [2.24, 2.45) is 0 Å². The van der Waals surface area contributed by atoms with E-state index in [0.717, 1.165) is 14.9 Å². The minimum Gasteiger partial charge on any atom is -0.465 e. The van der Waals surface area contributed by atoms with Gasteiger partial charge in [0.05, 0.1) is 7.11 Å². The van der Waals surface area contributed by atoms with Crippen LogP contribution in [-0.2, 0) is 4.74 Å². The maximum absolute atomic E-state index is 11.3. The third kappa shape index (κ3) is 2.18. The van der Waals surface area contributed by atoms with Crippen LogP contribution in [0.5, 0.6) is 0 Å². The lowest BCUT2D eigenvalue weighted by Gasteiger charge is -1.99. The van der Waals surface area contributed by atoms with Crippen LogP contribution in [0.15, 0.2) is 40.9 Å². The van der Waals surface area contributed by atoms with Crippen molar-refractivity contribution < 1.29 is 9.53 Å². The van der Waals surface area contributed by atoms with E-state index in [1.807, 2.05) is 30.3 Å². The predicted molar refractivity (Wildman–Crippen MR) is 68.8 cm³/mol. The van der Waals surface area contributed by atoms with Crippen LogP contribution in [0.25, 0.3) is 10.4 Å². The molecule has 2 rings (SSSR count). The number of carbonyl (C=O) groups is 1. The molecule has 0 bridgehead atoms. The fourth-order valence-electron chi connectivity index (χ4n) is 1.35. The maximum Gasteiger partial charge on any atom is 0.348 e. The average molecular weight is 297 g/mol. The third-order valence-electron chi connectivity index (χ3n) is 2.13. The van der Waals surface area contributed by atoms with Gasteiger partial charge in [-0.25, -0.2) is 4.79 Å². The Morgan fingerprint density at radius 3 is 2.69 bits per heavy atom. The summed E-state index contributed by atoms with van der Waals surface area (Å²) in [6, 6.07) is 11.6. The highest BCUT2D eigenvalue weighted by molar-refractivity contribution is 9.10. The van der Waals surface area contributed by atoms with Crippen LogP contribution >= 0.6 is 27.3 Å². The molecule has 0 spiro atoms. The molecule has 0 fully saturated rings. The van der Waals surface area contributed by atoms with Gasteiger partial charge in [-0.2, -0.15) is 0 Å². The minimum atomic E-state index is -0.289. The first-order chi connectivity index (χ1) is 7.72. The van der Waals surface area contributed by atoms with E-state index >= 15 is 0 Å². The number of rotatable bonds is 2. The highest BCUT2D eigenvalue weighted by atomic mass is 79.9. The third-order valence-corrected chi connectivity index (χ3v) is 3.92. The number of hydrogen-bond donors (Lipinski definition) is 0. The quantitative estimate of drug-likeness (QED) is 0.784. The van der Waals surface area contributed by atoms with Crippen LogP contribution in [0.4, 0.5) is 0 Å². The van der Waals surface area contributed by atoms with Gasteiger partial charge in [0.2, 0.25) is 0 Å². The second kappa shape index (κ2) is 4.80. The Morgan fingerprint density at radius 2 is 2.00 bits per heavy atom. The SMILES string of the molecule is COC(=O)c1ccc(-c2ccccc2Br)s1. The van der Waals surface area contributed by atoms with E-state index in [-0.39, 0.29) is 5.97 Å². The van der Waals surface area contributed by atoms with Crippen LogP contribution in [0.1, 0.15) is 9.67 Å². The topological polar surface area (TPSA) is 26.3 Å². The standard InChI is InChI=1S/C12H9BrO2S/c1-15-12(14)11-7-6-10(16-11)8-4-2-3-5-9(8)13/h2-7H,1H3. The van der Waals surface area contributed by atoms with Gasteiger partial charge in [-0.05, 0) is 18.2 Å². The monoisotopic (exact) mass is 296 g/mol. The zero-order chi connectivity index (χ0) is 11.5. The molecular formula is C12H9BrO2S. The first kappa shape index (κ1) is 11.4. The van der Waals surface area contributed by atoms with E-state index in [2.05, 4.69) is 20.7 Å². The number of methoxy groups -OCH3 is 1. The van der Waals surface area contributed by atoms with Crippen molar-refractivity contribution in [2.75, 3.05) is 7.11 Å². The zero-order valence-corrected chi connectivity index (χ0v) is 11.0. The highest BCUT2D eigenvalue weighted by Gasteiger charge is 2.11. The molecule has 0 N–H and O–H groups in total. The minimum absolute atomic E-state index is 0.289. The molecule has 0 saturated carbocycles. The van der Waals surface area contributed by atoms with Gasteiger partial charge < -0.3 is 4.74 Å². The average Bonchev–Trinajstić information content (AvgIpc) is 2.78. The van der Waals surface area contributed by atoms with E-state index in [1.165, 1.54) is 18.4 Å². The Hall–Kier alpha value is -1.13. The summed E-state index contributed by atoms with van der Waals surface area (Å²) in [7, 11) is 1.39. The largest absolute Gasteiger partial charge is 0.465 e. The second-order valence-corrected chi connectivity index (χ2v) is 5.07. The Balaban J connectivity index is 2.39. The van der Waals surface area contributed by atoms with Crippen LogP contribution < -0.4 is 0 Å². The molecule has 82 valence electrons. The number of ether oxygens (including phenoxy) is 1. The summed E-state index contributed by atoms with van der Waals surface area (Å²) in [6.45, 7) is 0. The van der Waals surface area contributed by atoms with E-state index in [1.54, 1.807) is 6.07 Å². The number of halogens is 1. The molecule has 0 radical (unpaired) electrons. The second-order valence-electron chi connectivity index (χ2n) is 3.14. The van der Waals surface area contributed by atoms with Crippen LogP contribution in [0.2, 0.25) is 0 Å². The van der Waals surface area contributed by atoms with E-state index < -0.39 is 0 Å². The summed E-state index contributed by atoms with van der Waals surface area (Å²) in [4.78, 5) is 13.0. The molecule has 1 aromatic heterocycles. The summed E-state index contributed by atoms with van der Waals surface area (Å²) in [5.74, 6) is -0.289. The van der Waals surface area contributed by atoms with Gasteiger partial charge >= 0.3 is 5.97 Å². The van der Waals surface area contributed by atoms with Crippen LogP contribution in [0.3, 0.4) is 0 Å². The van der Waals surface area contributed by atoms with Gasteiger partial charge in [-0.3, -0.25) is 0 Å². The van der Waals surface area contributed by atoms with E-state index in [4.69, 9.17) is 0 Å². The number of hydrogen-bond acceptors (Lipinski definition) is 3. The molecule has 1 aromatic carbocycles. The van der Waals surface area contributed by atoms with Gasteiger partial charge in [0.1, 0.15) is 4.88 Å². The molecule has 0 aliphatic carbocycles. The molecule has 1 heterocycles. The lowest BCUT2D eigenvalue weighted by atomic mass is 10.2. The summed E-state index contributed by atoms with van der Waals surface area (Å²) < 4.78 is 5.70. The first-order valence-electron chi connectivity index (χ1n) is 4.65. The molecule has 2 aromatic rings. The fraction of sp³-hybridized carbons (Fsp3) is 0.0833. The summed E-state index contributed by atoms with van der Waals surface area (Å²) >= 11 is 4.92. The summed E-state index contributed by atoms with van der Waals surface area (Å²) in [5, 5.41) is 0. The molecule has 0 unspecified atom stereocenters. The number of esters is 1. The predicted octanol–water partition coefficient (Wildman–Crippen LogP) is 3.96. The Kier molecular flexibility index (Phi) is 3.41. The first-order valence-corrected chi connectivity index (χ1v) is 6.26. The molecule has 0 aliphatic heterocycles. The number of thiophene rings is 1. The molecule has 0 amide bonds. The van der Waals surface area contributed by atoms with E-state index in [0.29, 0.717) is 4.88 Å². The fourth-order valence-corrected chi connectivity index (χ4v) is 2.95. The summed E-state index contributed by atoms with van der Waals surface area (Å²) in [6.07, 6.45) is 0. The van der Waals surface area contributed by atoms with Crippen LogP contribution in [0, 0.1) is 0 Å². The van der Waals surface area contributed by atoms with Crippen molar-refractivity contribution in [1.82, 2.24) is 0 Å². The molecule has 0 aliphatic rings. The smallest absolute Gasteiger partial charge is 0.348 e. The lowest BCUT2D eigenvalue weighted by molar-refractivity contribution is 0.0606. The molecule has 4 heteroatoms. The normalized spacial score (nSPS) is 10.1. The highest BCUT2D eigenvalue weighted by Crippen LogP contribution is 2.33. The molecule has 16 heavy (non-hydrogen) atoms. The number of carbonyl (C=O) groups excluding carboxylic acids is 1. The maximum atomic E-state index is 11.3. The Labute approximate surface area is 106 Å². The molecule has 0 atom stereocenters. The van der Waals surface area contributed by atoms with Gasteiger partial charge in [0.15, 0.2) is 0 Å². The van der Waals surface area contributed by atoms with Crippen molar-refractivity contribution in [3.8, 4) is 10.4 Å². The molecule has 2 nitrogen and oxygen atoms in total. The lowest BCUT2D eigenvalue weighted by Crippen LogP contribution is -1.96. The van der Waals surface area contributed by atoms with Crippen LogP contribution in [-0.4, -0.2) is 13.1 Å². The molecular weight excluding hydrogens is 288 g/mol.